The van der Waals surface area contributed by atoms with Gasteiger partial charge in [-0.1, -0.05) is 52.9 Å². The summed E-state index contributed by atoms with van der Waals surface area (Å²) in [5.74, 6) is 0.328. The van der Waals surface area contributed by atoms with E-state index >= 15 is 0 Å². The molecule has 5 rings (SSSR count). The fourth-order valence-electron chi connectivity index (χ4n) is 5.09. The summed E-state index contributed by atoms with van der Waals surface area (Å²) in [6.45, 7) is 6.58. The van der Waals surface area contributed by atoms with E-state index in [4.69, 9.17) is 21.3 Å². The highest BCUT2D eigenvalue weighted by Crippen LogP contribution is 2.36. The number of fused-ring (bicyclic) bond motifs is 1. The Morgan fingerprint density at radius 3 is 2.52 bits per heavy atom. The number of nitrogens with zero attached hydrogens (tertiary/aromatic N) is 4. The van der Waals surface area contributed by atoms with Crippen LogP contribution in [0.2, 0.25) is 5.02 Å². The van der Waals surface area contributed by atoms with Crippen LogP contribution >= 0.6 is 34.7 Å². The minimum absolute atomic E-state index is 0.0978. The molecule has 0 aliphatic carbocycles. The minimum atomic E-state index is -0.786. The van der Waals surface area contributed by atoms with Crippen molar-refractivity contribution in [1.82, 2.24) is 9.47 Å². The Balaban J connectivity index is 1.73. The third-order valence-electron chi connectivity index (χ3n) is 7.27. The lowest BCUT2D eigenvalue weighted by molar-refractivity contribution is -0.384. The lowest BCUT2D eigenvalue weighted by Gasteiger charge is -2.29. The van der Waals surface area contributed by atoms with Crippen molar-refractivity contribution >= 4 is 52.4 Å². The average molecular weight is 649 g/mol. The van der Waals surface area contributed by atoms with Gasteiger partial charge in [-0.3, -0.25) is 24.3 Å². The molecule has 0 radical (unpaired) electrons. The number of hydrogen-bond acceptors (Lipinski definition) is 8. The molecule has 0 saturated carbocycles. The molecule has 3 aromatic carbocycles. The van der Waals surface area contributed by atoms with Gasteiger partial charge in [0, 0.05) is 45.6 Å². The summed E-state index contributed by atoms with van der Waals surface area (Å²) in [6.07, 6.45) is 1.65. The Bertz CT molecular complexity index is 1960. The van der Waals surface area contributed by atoms with Crippen LogP contribution < -0.4 is 19.6 Å². The second-order valence-electron chi connectivity index (χ2n) is 9.84. The maximum Gasteiger partial charge on any atom is 0.271 e. The highest BCUT2D eigenvalue weighted by atomic mass is 35.5. The Labute approximate surface area is 266 Å². The zero-order valence-electron chi connectivity index (χ0n) is 24.4. The van der Waals surface area contributed by atoms with Gasteiger partial charge >= 0.3 is 0 Å². The van der Waals surface area contributed by atoms with Crippen molar-refractivity contribution in [2.75, 3.05) is 20.2 Å². The normalized spacial score (nSPS) is 14.7. The van der Waals surface area contributed by atoms with E-state index in [-0.39, 0.29) is 17.2 Å². The van der Waals surface area contributed by atoms with E-state index in [1.807, 2.05) is 44.2 Å². The molecule has 9 nitrogen and oxygen atoms in total. The average Bonchev–Trinajstić information content (AvgIpc) is 3.32. The van der Waals surface area contributed by atoms with Gasteiger partial charge in [-0.05, 0) is 68.8 Å². The highest BCUT2D eigenvalue weighted by molar-refractivity contribution is 7.99. The number of nitro groups is 1. The van der Waals surface area contributed by atoms with Crippen LogP contribution in [0.15, 0.2) is 97.6 Å². The van der Waals surface area contributed by atoms with Gasteiger partial charge in [0.1, 0.15) is 11.8 Å². The van der Waals surface area contributed by atoms with Gasteiger partial charge < -0.3 is 9.64 Å². The highest BCUT2D eigenvalue weighted by Gasteiger charge is 2.35. The third-order valence-corrected chi connectivity index (χ3v) is 9.60. The van der Waals surface area contributed by atoms with Crippen LogP contribution in [-0.4, -0.2) is 40.5 Å². The van der Waals surface area contributed by atoms with Crippen LogP contribution in [0.25, 0.3) is 6.08 Å². The standard InChI is InChI=1S/C32H29ClN4O5S2/c1-5-35(6-2)31(39)28-19(3)34-32-36(29(28)24-9-7-8-10-25(24)42-4)30(38)27(44-32)18-20-17-22(37(40)41)13-16-26(20)43-23-14-11-21(33)12-15-23/h7-18,29H,5-6H2,1-4H3/b27-18-/t29-/m1/s1. The minimum Gasteiger partial charge on any atom is -0.496 e. The van der Waals surface area contributed by atoms with Crippen molar-refractivity contribution in [3.05, 3.63) is 124 Å². The van der Waals surface area contributed by atoms with Crippen molar-refractivity contribution in [2.24, 2.45) is 4.99 Å². The molecule has 226 valence electrons. The molecule has 1 aromatic heterocycles. The molecular formula is C32H29ClN4O5S2. The summed E-state index contributed by atoms with van der Waals surface area (Å²) in [6, 6.07) is 18.3. The van der Waals surface area contributed by atoms with Crippen LogP contribution in [0.1, 0.15) is 37.9 Å². The smallest absolute Gasteiger partial charge is 0.271 e. The molecule has 1 aliphatic rings. The molecule has 0 N–H and O–H groups in total. The van der Waals surface area contributed by atoms with Crippen molar-refractivity contribution < 1.29 is 14.5 Å². The van der Waals surface area contributed by atoms with Crippen molar-refractivity contribution in [1.29, 1.82) is 0 Å². The number of ether oxygens (including phenoxy) is 1. The van der Waals surface area contributed by atoms with E-state index in [0.29, 0.717) is 55.6 Å². The number of aromatic nitrogens is 1. The van der Waals surface area contributed by atoms with Crippen LogP contribution in [0.5, 0.6) is 5.75 Å². The zero-order valence-corrected chi connectivity index (χ0v) is 26.8. The monoisotopic (exact) mass is 648 g/mol. The number of carbonyl (C=O) groups excluding carboxylic acids is 1. The first kappa shape index (κ1) is 31.2. The first-order valence-corrected chi connectivity index (χ1v) is 15.8. The maximum atomic E-state index is 14.2. The van der Waals surface area contributed by atoms with E-state index in [1.165, 1.54) is 39.8 Å². The number of carbonyl (C=O) groups is 1. The van der Waals surface area contributed by atoms with E-state index < -0.39 is 11.0 Å². The molecule has 0 fully saturated rings. The van der Waals surface area contributed by atoms with Crippen LogP contribution in [0.3, 0.4) is 0 Å². The molecule has 1 amide bonds. The van der Waals surface area contributed by atoms with E-state index in [2.05, 4.69) is 0 Å². The first-order valence-electron chi connectivity index (χ1n) is 13.8. The van der Waals surface area contributed by atoms with Gasteiger partial charge in [0.15, 0.2) is 4.80 Å². The number of para-hydroxylation sites is 1. The van der Waals surface area contributed by atoms with Crippen LogP contribution in [0.4, 0.5) is 5.69 Å². The molecular weight excluding hydrogens is 620 g/mol. The first-order chi connectivity index (χ1) is 21.2. The lowest BCUT2D eigenvalue weighted by atomic mass is 9.94. The van der Waals surface area contributed by atoms with E-state index in [0.717, 1.165) is 9.79 Å². The third kappa shape index (κ3) is 6.08. The van der Waals surface area contributed by atoms with Crippen molar-refractivity contribution in [3.8, 4) is 5.75 Å². The second kappa shape index (κ2) is 13.2. The van der Waals surface area contributed by atoms with E-state index in [9.17, 15) is 19.7 Å². The van der Waals surface area contributed by atoms with Crippen LogP contribution in [0, 0.1) is 10.1 Å². The number of thiazole rings is 1. The largest absolute Gasteiger partial charge is 0.496 e. The number of non-ortho nitro benzene ring substituents is 1. The number of benzene rings is 3. The second-order valence-corrected chi connectivity index (χ2v) is 12.4. The maximum absolute atomic E-state index is 14.2. The van der Waals surface area contributed by atoms with Crippen molar-refractivity contribution in [3.63, 3.8) is 0 Å². The van der Waals surface area contributed by atoms with E-state index in [1.54, 1.807) is 49.3 Å². The number of rotatable bonds is 9. The predicted octanol–water partition coefficient (Wildman–Crippen LogP) is 5.83. The fourth-order valence-corrected chi connectivity index (χ4v) is 7.15. The topological polar surface area (TPSA) is 107 Å². The quantitative estimate of drug-likeness (QED) is 0.167. The number of amides is 1. The Kier molecular flexibility index (Phi) is 9.38. The lowest BCUT2D eigenvalue weighted by Crippen LogP contribution is -2.43. The number of likely N-dealkylation sites (N-methyl/N-ethyl adjacent to an activating group) is 1. The van der Waals surface area contributed by atoms with Gasteiger partial charge in [0.2, 0.25) is 0 Å². The molecule has 44 heavy (non-hydrogen) atoms. The van der Waals surface area contributed by atoms with Gasteiger partial charge in [0.05, 0.1) is 27.8 Å². The molecule has 1 aliphatic heterocycles. The summed E-state index contributed by atoms with van der Waals surface area (Å²) < 4.78 is 7.53. The number of hydrogen-bond donors (Lipinski definition) is 0. The molecule has 2 heterocycles. The number of nitro benzene ring substituents is 1. The molecule has 0 bridgehead atoms. The summed E-state index contributed by atoms with van der Waals surface area (Å²) in [5, 5.41) is 12.3. The fraction of sp³-hybridized carbons (Fsp3) is 0.219. The molecule has 12 heteroatoms. The molecule has 0 unspecified atom stereocenters. The molecule has 0 saturated heterocycles. The number of halogens is 1. The summed E-state index contributed by atoms with van der Waals surface area (Å²) in [4.78, 5) is 47.8. The predicted molar refractivity (Wildman–Crippen MR) is 173 cm³/mol. The van der Waals surface area contributed by atoms with Gasteiger partial charge in [0.25, 0.3) is 17.2 Å². The zero-order chi connectivity index (χ0) is 31.5. The molecule has 4 aromatic rings. The molecule has 1 atom stereocenters. The van der Waals surface area contributed by atoms with Gasteiger partial charge in [-0.2, -0.15) is 0 Å². The van der Waals surface area contributed by atoms with Gasteiger partial charge in [-0.25, -0.2) is 4.99 Å². The summed E-state index contributed by atoms with van der Waals surface area (Å²) in [5.41, 5.74) is 1.61. The number of methoxy groups -OCH3 is 1. The Morgan fingerprint density at radius 1 is 1.16 bits per heavy atom. The molecule has 0 spiro atoms. The Morgan fingerprint density at radius 2 is 1.86 bits per heavy atom. The van der Waals surface area contributed by atoms with Gasteiger partial charge in [-0.15, -0.1) is 0 Å². The van der Waals surface area contributed by atoms with Crippen LogP contribution in [-0.2, 0) is 4.79 Å². The Hall–Kier alpha value is -4.19. The van der Waals surface area contributed by atoms with Crippen molar-refractivity contribution in [2.45, 2.75) is 36.6 Å². The summed E-state index contributed by atoms with van der Waals surface area (Å²) >= 11 is 8.63. The summed E-state index contributed by atoms with van der Waals surface area (Å²) in [7, 11) is 1.55. The number of allylic oxidation sites excluding steroid dienone is 1. The SMILES string of the molecule is CCN(CC)C(=O)C1=C(C)N=c2s/c(=C\c3cc([N+](=O)[O-])ccc3Sc3ccc(Cl)cc3)c(=O)n2[C@@H]1c1ccccc1OC.